The molecule has 0 aliphatic heterocycles. The van der Waals surface area contributed by atoms with E-state index in [1.165, 1.54) is 12.3 Å². The van der Waals surface area contributed by atoms with Crippen molar-refractivity contribution >= 4 is 23.2 Å². The molecule has 1 amide bonds. The minimum absolute atomic E-state index is 0.0214. The van der Waals surface area contributed by atoms with Crippen molar-refractivity contribution in [3.63, 3.8) is 0 Å². The minimum Gasteiger partial charge on any atom is -0.344 e. The molecular weight excluding hydrogens is 278 g/mol. The van der Waals surface area contributed by atoms with Crippen molar-refractivity contribution in [1.82, 2.24) is 20.4 Å². The van der Waals surface area contributed by atoms with Crippen molar-refractivity contribution in [1.29, 1.82) is 0 Å². The summed E-state index contributed by atoms with van der Waals surface area (Å²) in [4.78, 5) is 29.2. The second kappa shape index (κ2) is 5.40. The van der Waals surface area contributed by atoms with Crippen molar-refractivity contribution in [2.45, 2.75) is 6.54 Å². The fraction of sp³-hybridized carbons (Fsp3) is 0.111. The highest BCUT2D eigenvalue weighted by molar-refractivity contribution is 6.32. The Morgan fingerprint density at radius 3 is 2.95 bits per heavy atom. The van der Waals surface area contributed by atoms with E-state index >= 15 is 0 Å². The zero-order chi connectivity index (χ0) is 13.8. The van der Waals surface area contributed by atoms with E-state index < -0.39 is 16.5 Å². The highest BCUT2D eigenvalue weighted by Crippen LogP contribution is 2.25. The third-order valence-electron chi connectivity index (χ3n) is 2.12. The molecule has 98 valence electrons. The highest BCUT2D eigenvalue weighted by atomic mass is 35.5. The summed E-state index contributed by atoms with van der Waals surface area (Å²) in [5, 5.41) is 16.4. The summed E-state index contributed by atoms with van der Waals surface area (Å²) in [5.41, 5.74) is -0.733. The number of carbonyl (C=O) groups is 1. The van der Waals surface area contributed by atoms with Gasteiger partial charge in [-0.2, -0.15) is 4.98 Å². The molecule has 2 aromatic heterocycles. The Kier molecular flexibility index (Phi) is 3.66. The van der Waals surface area contributed by atoms with Gasteiger partial charge in [-0.05, 0) is 6.07 Å². The van der Waals surface area contributed by atoms with Crippen molar-refractivity contribution < 1.29 is 14.2 Å². The SMILES string of the molecule is O=C(NCc1ncon1)c1ccnc(Cl)c1[N+](=O)[O-]. The maximum atomic E-state index is 11.8. The number of nitrogens with one attached hydrogen (secondary N) is 1. The first-order valence-electron chi connectivity index (χ1n) is 4.92. The molecule has 1 N–H and O–H groups in total. The van der Waals surface area contributed by atoms with E-state index in [4.69, 9.17) is 11.6 Å². The molecule has 10 heteroatoms. The summed E-state index contributed by atoms with van der Waals surface area (Å²) in [6.07, 6.45) is 2.31. The van der Waals surface area contributed by atoms with Crippen LogP contribution in [0, 0.1) is 10.1 Å². The standard InChI is InChI=1S/C9H6ClN5O4/c10-8-7(15(17)18)5(1-2-11-8)9(16)12-3-6-13-4-19-14-6/h1-2,4H,3H2,(H,12,16). The van der Waals surface area contributed by atoms with Crippen LogP contribution in [0.2, 0.25) is 5.15 Å². The van der Waals surface area contributed by atoms with Crippen LogP contribution < -0.4 is 5.32 Å². The number of halogens is 1. The Labute approximate surface area is 110 Å². The Hall–Kier alpha value is -2.55. The maximum Gasteiger partial charge on any atom is 0.319 e. The smallest absolute Gasteiger partial charge is 0.319 e. The number of aromatic nitrogens is 3. The number of nitrogens with zero attached hydrogens (tertiary/aromatic N) is 4. The molecule has 0 aromatic carbocycles. The van der Waals surface area contributed by atoms with Crippen LogP contribution in [0.25, 0.3) is 0 Å². The molecule has 2 heterocycles. The molecule has 0 spiro atoms. The van der Waals surface area contributed by atoms with E-state index in [1.807, 2.05) is 0 Å². The van der Waals surface area contributed by atoms with Crippen LogP contribution in [0.3, 0.4) is 0 Å². The third kappa shape index (κ3) is 2.83. The van der Waals surface area contributed by atoms with Gasteiger partial charge in [0.25, 0.3) is 5.91 Å². The molecule has 2 rings (SSSR count). The first kappa shape index (κ1) is 12.9. The minimum atomic E-state index is -0.765. The third-order valence-corrected chi connectivity index (χ3v) is 2.40. The number of pyridine rings is 1. The van der Waals surface area contributed by atoms with Crippen LogP contribution in [0.1, 0.15) is 16.2 Å². The van der Waals surface area contributed by atoms with Crippen molar-refractivity contribution in [2.24, 2.45) is 0 Å². The summed E-state index contributed by atoms with van der Waals surface area (Å²) < 4.78 is 4.48. The largest absolute Gasteiger partial charge is 0.344 e. The van der Waals surface area contributed by atoms with Gasteiger partial charge in [0, 0.05) is 6.20 Å². The van der Waals surface area contributed by atoms with Crippen molar-refractivity contribution in [2.75, 3.05) is 0 Å². The summed E-state index contributed by atoms with van der Waals surface area (Å²) in [6.45, 7) is -0.0214. The van der Waals surface area contributed by atoms with Gasteiger partial charge >= 0.3 is 5.69 Å². The second-order valence-corrected chi connectivity index (χ2v) is 3.64. The average Bonchev–Trinajstić information content (AvgIpc) is 2.88. The van der Waals surface area contributed by atoms with Gasteiger partial charge in [-0.3, -0.25) is 14.9 Å². The first-order chi connectivity index (χ1) is 9.09. The molecule has 0 saturated carbocycles. The Bertz CT molecular complexity index is 615. The molecule has 0 aliphatic rings. The average molecular weight is 284 g/mol. The zero-order valence-corrected chi connectivity index (χ0v) is 9.99. The molecule has 0 unspecified atom stereocenters. The van der Waals surface area contributed by atoms with Gasteiger partial charge in [0.15, 0.2) is 5.82 Å². The number of rotatable bonds is 4. The molecule has 0 radical (unpaired) electrons. The lowest BCUT2D eigenvalue weighted by atomic mass is 10.2. The highest BCUT2D eigenvalue weighted by Gasteiger charge is 2.24. The molecule has 0 fully saturated rings. The summed E-state index contributed by atoms with van der Waals surface area (Å²) in [6, 6.07) is 1.20. The molecule has 0 atom stereocenters. The molecular formula is C9H6ClN5O4. The molecule has 19 heavy (non-hydrogen) atoms. The Balaban J connectivity index is 2.19. The molecule has 0 bridgehead atoms. The van der Waals surface area contributed by atoms with Crippen LogP contribution in [-0.2, 0) is 6.54 Å². The van der Waals surface area contributed by atoms with Gasteiger partial charge in [-0.25, -0.2) is 4.98 Å². The van der Waals surface area contributed by atoms with E-state index in [9.17, 15) is 14.9 Å². The van der Waals surface area contributed by atoms with Gasteiger partial charge in [0.05, 0.1) is 11.5 Å². The zero-order valence-electron chi connectivity index (χ0n) is 9.24. The van der Waals surface area contributed by atoms with E-state index in [-0.39, 0.29) is 23.1 Å². The lowest BCUT2D eigenvalue weighted by molar-refractivity contribution is -0.385. The van der Waals surface area contributed by atoms with Gasteiger partial charge in [-0.1, -0.05) is 16.8 Å². The summed E-state index contributed by atoms with van der Waals surface area (Å²) >= 11 is 5.60. The number of carbonyl (C=O) groups excluding carboxylic acids is 1. The predicted molar refractivity (Wildman–Crippen MR) is 61.4 cm³/mol. The van der Waals surface area contributed by atoms with Crippen LogP contribution in [-0.4, -0.2) is 26.0 Å². The van der Waals surface area contributed by atoms with Gasteiger partial charge in [0.2, 0.25) is 11.5 Å². The fourth-order valence-corrected chi connectivity index (χ4v) is 1.54. The van der Waals surface area contributed by atoms with E-state index in [0.717, 1.165) is 6.39 Å². The molecule has 2 aromatic rings. The molecule has 0 saturated heterocycles. The number of nitro groups is 1. The second-order valence-electron chi connectivity index (χ2n) is 3.29. The van der Waals surface area contributed by atoms with Gasteiger partial charge < -0.3 is 9.84 Å². The van der Waals surface area contributed by atoms with E-state index in [1.54, 1.807) is 0 Å². The monoisotopic (exact) mass is 283 g/mol. The summed E-state index contributed by atoms with van der Waals surface area (Å²) in [7, 11) is 0. The fourth-order valence-electron chi connectivity index (χ4n) is 1.31. The van der Waals surface area contributed by atoms with Crippen molar-refractivity contribution in [3.05, 3.63) is 45.3 Å². The van der Waals surface area contributed by atoms with Crippen LogP contribution in [0.4, 0.5) is 5.69 Å². The number of amides is 1. The number of hydrogen-bond donors (Lipinski definition) is 1. The summed E-state index contributed by atoms with van der Waals surface area (Å²) in [5.74, 6) is -0.433. The quantitative estimate of drug-likeness (QED) is 0.503. The topological polar surface area (TPSA) is 124 Å². The lowest BCUT2D eigenvalue weighted by Crippen LogP contribution is -2.24. The molecule has 9 nitrogen and oxygen atoms in total. The lowest BCUT2D eigenvalue weighted by Gasteiger charge is -2.04. The first-order valence-corrected chi connectivity index (χ1v) is 5.29. The Morgan fingerprint density at radius 1 is 1.53 bits per heavy atom. The van der Waals surface area contributed by atoms with Crippen LogP contribution in [0.5, 0.6) is 0 Å². The van der Waals surface area contributed by atoms with E-state index in [2.05, 4.69) is 25.0 Å². The van der Waals surface area contributed by atoms with Gasteiger partial charge in [0.1, 0.15) is 5.56 Å². The molecule has 0 aliphatic carbocycles. The van der Waals surface area contributed by atoms with Crippen LogP contribution in [0.15, 0.2) is 23.2 Å². The Morgan fingerprint density at radius 2 is 2.32 bits per heavy atom. The van der Waals surface area contributed by atoms with Gasteiger partial charge in [-0.15, -0.1) is 0 Å². The van der Waals surface area contributed by atoms with Crippen molar-refractivity contribution in [3.8, 4) is 0 Å². The predicted octanol–water partition coefficient (Wildman–Crippen LogP) is 0.956. The maximum absolute atomic E-state index is 11.8. The number of hydrogen-bond acceptors (Lipinski definition) is 7. The normalized spacial score (nSPS) is 10.2. The van der Waals surface area contributed by atoms with Crippen LogP contribution >= 0.6 is 11.6 Å². The van der Waals surface area contributed by atoms with E-state index in [0.29, 0.717) is 0 Å².